The molecule has 2 atom stereocenters. The summed E-state index contributed by atoms with van der Waals surface area (Å²) in [6.45, 7) is 11.3. The molecule has 0 aromatic heterocycles. The molecule has 5 heteroatoms. The molecule has 2 unspecified atom stereocenters. The van der Waals surface area contributed by atoms with Crippen LogP contribution >= 0.6 is 0 Å². The Morgan fingerprint density at radius 1 is 0.871 bits per heavy atom. The molecule has 0 N–H and O–H groups in total. The van der Waals surface area contributed by atoms with Gasteiger partial charge in [-0.1, -0.05) is 36.2 Å². The van der Waals surface area contributed by atoms with Gasteiger partial charge in [0.05, 0.1) is 6.54 Å². The summed E-state index contributed by atoms with van der Waals surface area (Å²) in [7, 11) is 0. The summed E-state index contributed by atoms with van der Waals surface area (Å²) in [5.41, 5.74) is 3.94. The highest BCUT2D eigenvalue weighted by molar-refractivity contribution is 5.81. The van der Waals surface area contributed by atoms with Crippen molar-refractivity contribution in [3.05, 3.63) is 34.9 Å². The minimum atomic E-state index is 0.101. The molecule has 31 heavy (non-hydrogen) atoms. The zero-order valence-electron chi connectivity index (χ0n) is 19.6. The van der Waals surface area contributed by atoms with Crippen molar-refractivity contribution in [2.75, 3.05) is 39.3 Å². The second-order valence-electron chi connectivity index (χ2n) is 10.2. The molecule has 2 amide bonds. The second-order valence-corrected chi connectivity index (χ2v) is 10.2. The van der Waals surface area contributed by atoms with Gasteiger partial charge in [-0.3, -0.25) is 14.5 Å². The molecule has 1 aromatic carbocycles. The molecule has 0 saturated carbocycles. The average molecular weight is 426 g/mol. The predicted octanol–water partition coefficient (Wildman–Crippen LogP) is 3.94. The van der Waals surface area contributed by atoms with Crippen LogP contribution in [0, 0.1) is 25.7 Å². The van der Waals surface area contributed by atoms with E-state index in [-0.39, 0.29) is 11.8 Å². The van der Waals surface area contributed by atoms with Gasteiger partial charge in [0.25, 0.3) is 0 Å². The van der Waals surface area contributed by atoms with Crippen LogP contribution < -0.4 is 0 Å². The van der Waals surface area contributed by atoms with Crippen molar-refractivity contribution in [1.29, 1.82) is 0 Å². The van der Waals surface area contributed by atoms with E-state index in [1.807, 2.05) is 4.90 Å². The van der Waals surface area contributed by atoms with Gasteiger partial charge in [0.1, 0.15) is 0 Å². The Labute approximate surface area is 187 Å². The Bertz CT molecular complexity index is 780. The molecule has 0 aliphatic carbocycles. The lowest BCUT2D eigenvalue weighted by molar-refractivity contribution is -0.142. The number of piperidine rings is 2. The molecular formula is C26H39N3O2. The van der Waals surface area contributed by atoms with Gasteiger partial charge in [-0.15, -0.1) is 0 Å². The maximum atomic E-state index is 13.1. The number of likely N-dealkylation sites (tertiary alicyclic amines) is 3. The molecule has 0 spiro atoms. The van der Waals surface area contributed by atoms with Crippen molar-refractivity contribution in [1.82, 2.24) is 14.7 Å². The van der Waals surface area contributed by atoms with E-state index < -0.39 is 0 Å². The van der Waals surface area contributed by atoms with E-state index in [2.05, 4.69) is 48.8 Å². The largest absolute Gasteiger partial charge is 0.342 e. The number of carbonyl (C=O) groups excluding carboxylic acids is 2. The number of hydrogen-bond acceptors (Lipinski definition) is 3. The van der Waals surface area contributed by atoms with Gasteiger partial charge < -0.3 is 9.80 Å². The Balaban J connectivity index is 1.30. The van der Waals surface area contributed by atoms with Crippen molar-refractivity contribution in [2.24, 2.45) is 11.8 Å². The maximum Gasteiger partial charge on any atom is 0.236 e. The van der Waals surface area contributed by atoms with Gasteiger partial charge >= 0.3 is 0 Å². The first-order valence-corrected chi connectivity index (χ1v) is 12.3. The monoisotopic (exact) mass is 425 g/mol. The summed E-state index contributed by atoms with van der Waals surface area (Å²) in [6, 6.07) is 7.12. The van der Waals surface area contributed by atoms with Crippen molar-refractivity contribution in [3.63, 3.8) is 0 Å². The molecule has 1 aromatic rings. The number of amides is 2. The first-order chi connectivity index (χ1) is 14.9. The number of aryl methyl sites for hydroxylation is 2. The topological polar surface area (TPSA) is 43.9 Å². The van der Waals surface area contributed by atoms with E-state index in [0.29, 0.717) is 24.4 Å². The third-order valence-electron chi connectivity index (χ3n) is 7.50. The Hall–Kier alpha value is -1.88. The van der Waals surface area contributed by atoms with Crippen molar-refractivity contribution < 1.29 is 9.59 Å². The van der Waals surface area contributed by atoms with Crippen LogP contribution in [0.2, 0.25) is 0 Å². The van der Waals surface area contributed by atoms with Crippen LogP contribution in [-0.4, -0.2) is 65.8 Å². The first kappa shape index (κ1) is 22.3. The van der Waals surface area contributed by atoms with E-state index in [4.69, 9.17) is 0 Å². The molecule has 3 heterocycles. The van der Waals surface area contributed by atoms with Crippen LogP contribution in [0.1, 0.15) is 68.2 Å². The summed E-state index contributed by atoms with van der Waals surface area (Å²) in [4.78, 5) is 32.4. The molecule has 3 saturated heterocycles. The highest BCUT2D eigenvalue weighted by Crippen LogP contribution is 2.33. The fourth-order valence-electron chi connectivity index (χ4n) is 5.89. The first-order valence-electron chi connectivity index (χ1n) is 12.3. The fourth-order valence-corrected chi connectivity index (χ4v) is 5.89. The van der Waals surface area contributed by atoms with E-state index in [1.165, 1.54) is 23.1 Å². The molecule has 0 bridgehead atoms. The second kappa shape index (κ2) is 9.72. The summed E-state index contributed by atoms with van der Waals surface area (Å²) >= 11 is 0. The van der Waals surface area contributed by atoms with Crippen LogP contribution in [-0.2, 0) is 9.59 Å². The third-order valence-corrected chi connectivity index (χ3v) is 7.50. The van der Waals surface area contributed by atoms with E-state index in [9.17, 15) is 9.59 Å². The van der Waals surface area contributed by atoms with Crippen molar-refractivity contribution in [2.45, 2.75) is 65.3 Å². The van der Waals surface area contributed by atoms with Gasteiger partial charge in [0, 0.05) is 38.1 Å². The zero-order valence-corrected chi connectivity index (χ0v) is 19.6. The lowest BCUT2D eigenvalue weighted by atomic mass is 9.92. The molecule has 3 aliphatic heterocycles. The van der Waals surface area contributed by atoms with Crippen LogP contribution in [0.3, 0.4) is 0 Å². The smallest absolute Gasteiger partial charge is 0.236 e. The van der Waals surface area contributed by atoms with Crippen LogP contribution in [0.15, 0.2) is 18.2 Å². The molecule has 5 nitrogen and oxygen atoms in total. The SMILES string of the molecule is Cc1cc(C)cc(C2CCCN2CC(=O)N2CCC(C(=O)N3CCCC(C)C3)CC2)c1. The number of rotatable bonds is 4. The van der Waals surface area contributed by atoms with Gasteiger partial charge in [-0.2, -0.15) is 0 Å². The zero-order chi connectivity index (χ0) is 22.0. The number of benzene rings is 1. The van der Waals surface area contributed by atoms with E-state index in [0.717, 1.165) is 64.8 Å². The minimum absolute atomic E-state index is 0.101. The fraction of sp³-hybridized carbons (Fsp3) is 0.692. The molecule has 3 aliphatic rings. The van der Waals surface area contributed by atoms with Gasteiger partial charge in [-0.25, -0.2) is 0 Å². The summed E-state index contributed by atoms with van der Waals surface area (Å²) in [5, 5.41) is 0. The Morgan fingerprint density at radius 2 is 1.55 bits per heavy atom. The molecule has 3 fully saturated rings. The summed E-state index contributed by atoms with van der Waals surface area (Å²) in [6.07, 6.45) is 6.26. The van der Waals surface area contributed by atoms with Gasteiger partial charge in [-0.05, 0) is 70.4 Å². The van der Waals surface area contributed by atoms with Crippen molar-refractivity contribution >= 4 is 11.8 Å². The molecule has 170 valence electrons. The van der Waals surface area contributed by atoms with Crippen LogP contribution in [0.5, 0.6) is 0 Å². The van der Waals surface area contributed by atoms with Gasteiger partial charge in [0.15, 0.2) is 0 Å². The highest BCUT2D eigenvalue weighted by atomic mass is 16.2. The molecular weight excluding hydrogens is 386 g/mol. The predicted molar refractivity (Wildman–Crippen MR) is 124 cm³/mol. The lowest BCUT2D eigenvalue weighted by Crippen LogP contribution is -2.48. The van der Waals surface area contributed by atoms with Crippen molar-refractivity contribution in [3.8, 4) is 0 Å². The third kappa shape index (κ3) is 5.31. The van der Waals surface area contributed by atoms with Crippen LogP contribution in [0.25, 0.3) is 0 Å². The lowest BCUT2D eigenvalue weighted by Gasteiger charge is -2.37. The van der Waals surface area contributed by atoms with E-state index >= 15 is 0 Å². The number of hydrogen-bond donors (Lipinski definition) is 0. The van der Waals surface area contributed by atoms with Gasteiger partial charge in [0.2, 0.25) is 11.8 Å². The molecule has 0 radical (unpaired) electrons. The molecule has 4 rings (SSSR count). The Kier molecular flexibility index (Phi) is 7.00. The standard InChI is InChI=1S/C26H39N3O2/c1-19-6-4-11-29(17-19)26(31)22-8-12-27(13-9-22)25(30)18-28-10-5-7-24(28)23-15-20(2)14-21(3)16-23/h14-16,19,22,24H,4-13,17-18H2,1-3H3. The normalized spacial score (nSPS) is 25.8. The minimum Gasteiger partial charge on any atom is -0.342 e. The quantitative estimate of drug-likeness (QED) is 0.734. The Morgan fingerprint density at radius 3 is 2.23 bits per heavy atom. The summed E-state index contributed by atoms with van der Waals surface area (Å²) < 4.78 is 0. The maximum absolute atomic E-state index is 13.1. The van der Waals surface area contributed by atoms with E-state index in [1.54, 1.807) is 0 Å². The van der Waals surface area contributed by atoms with Crippen LogP contribution in [0.4, 0.5) is 0 Å². The number of nitrogens with zero attached hydrogens (tertiary/aromatic N) is 3. The summed E-state index contributed by atoms with van der Waals surface area (Å²) in [5.74, 6) is 1.27. The number of carbonyl (C=O) groups is 2. The highest BCUT2D eigenvalue weighted by Gasteiger charge is 2.34. The average Bonchev–Trinajstić information content (AvgIpc) is 3.21.